The van der Waals surface area contributed by atoms with Crippen LogP contribution in [0.5, 0.6) is 5.75 Å². The zero-order valence-corrected chi connectivity index (χ0v) is 10.7. The lowest BCUT2D eigenvalue weighted by Crippen LogP contribution is -2.02. The predicted molar refractivity (Wildman–Crippen MR) is 65.5 cm³/mol. The van der Waals surface area contributed by atoms with Gasteiger partial charge in [0.05, 0.1) is 24.0 Å². The average Bonchev–Trinajstić information content (AvgIpc) is 2.28. The molecule has 1 aromatic carbocycles. The maximum atomic E-state index is 10.6. The molecular weight excluding hydrogens is 262 g/mol. The molecule has 0 spiro atoms. The van der Waals surface area contributed by atoms with E-state index in [1.165, 1.54) is 0 Å². The summed E-state index contributed by atoms with van der Waals surface area (Å²) < 4.78 is 26.6. The fourth-order valence-corrected chi connectivity index (χ4v) is 2.07. The normalized spacial score (nSPS) is 10.8. The van der Waals surface area contributed by atoms with Crippen LogP contribution >= 0.6 is 10.7 Å². The van der Waals surface area contributed by atoms with E-state index in [1.807, 2.05) is 6.07 Å². The first-order chi connectivity index (χ1) is 8.01. The van der Waals surface area contributed by atoms with Crippen LogP contribution in [0.15, 0.2) is 24.3 Å². The number of ether oxygens (including phenoxy) is 1. The Hall–Kier alpha value is -1.25. The highest BCUT2D eigenvalue weighted by Crippen LogP contribution is 2.12. The Bertz CT molecular complexity index is 490. The number of hydrogen-bond donors (Lipinski definition) is 0. The Morgan fingerprint density at radius 3 is 2.41 bits per heavy atom. The minimum atomic E-state index is -3.40. The van der Waals surface area contributed by atoms with Gasteiger partial charge in [-0.15, -0.1) is 0 Å². The SMILES string of the molecule is N#Cc1ccc(OCCCCS(=O)(=O)Cl)cc1. The monoisotopic (exact) mass is 273 g/mol. The molecule has 1 rings (SSSR count). The zero-order chi connectivity index (χ0) is 12.7. The molecule has 1 aromatic rings. The molecule has 0 N–H and O–H groups in total. The third kappa shape index (κ3) is 6.15. The zero-order valence-electron chi connectivity index (χ0n) is 9.10. The van der Waals surface area contributed by atoms with Gasteiger partial charge in [-0.05, 0) is 37.1 Å². The van der Waals surface area contributed by atoms with E-state index in [0.29, 0.717) is 30.8 Å². The van der Waals surface area contributed by atoms with E-state index < -0.39 is 9.05 Å². The fourth-order valence-electron chi connectivity index (χ4n) is 1.19. The van der Waals surface area contributed by atoms with E-state index in [9.17, 15) is 8.42 Å². The molecule has 0 aliphatic carbocycles. The quantitative estimate of drug-likeness (QED) is 0.589. The van der Waals surface area contributed by atoms with Crippen molar-refractivity contribution in [1.82, 2.24) is 0 Å². The van der Waals surface area contributed by atoms with Gasteiger partial charge in [-0.3, -0.25) is 0 Å². The maximum absolute atomic E-state index is 10.6. The van der Waals surface area contributed by atoms with Crippen molar-refractivity contribution in [2.24, 2.45) is 0 Å². The van der Waals surface area contributed by atoms with Gasteiger partial charge in [-0.2, -0.15) is 5.26 Å². The molecule has 92 valence electrons. The molecule has 0 amide bonds. The van der Waals surface area contributed by atoms with Crippen molar-refractivity contribution >= 4 is 19.7 Å². The van der Waals surface area contributed by atoms with Crippen molar-refractivity contribution in [3.05, 3.63) is 29.8 Å². The molecule has 0 bridgehead atoms. The molecule has 0 unspecified atom stereocenters. The van der Waals surface area contributed by atoms with Gasteiger partial charge in [-0.1, -0.05) is 0 Å². The Morgan fingerprint density at radius 1 is 1.24 bits per heavy atom. The van der Waals surface area contributed by atoms with Crippen molar-refractivity contribution in [3.8, 4) is 11.8 Å². The van der Waals surface area contributed by atoms with Gasteiger partial charge in [-0.25, -0.2) is 8.42 Å². The van der Waals surface area contributed by atoms with Gasteiger partial charge in [0.25, 0.3) is 0 Å². The first kappa shape index (κ1) is 13.8. The Kier molecular flexibility index (Phi) is 5.26. The van der Waals surface area contributed by atoms with Crippen molar-refractivity contribution in [1.29, 1.82) is 5.26 Å². The maximum Gasteiger partial charge on any atom is 0.232 e. The number of nitrogens with zero attached hydrogens (tertiary/aromatic N) is 1. The van der Waals surface area contributed by atoms with E-state index in [1.54, 1.807) is 24.3 Å². The molecule has 0 aromatic heterocycles. The van der Waals surface area contributed by atoms with Gasteiger partial charge in [0.2, 0.25) is 9.05 Å². The lowest BCUT2D eigenvalue weighted by Gasteiger charge is -2.05. The van der Waals surface area contributed by atoms with Gasteiger partial charge in [0.1, 0.15) is 5.75 Å². The van der Waals surface area contributed by atoms with Gasteiger partial charge in [0, 0.05) is 10.7 Å². The van der Waals surface area contributed by atoms with E-state index in [2.05, 4.69) is 0 Å². The van der Waals surface area contributed by atoms with Crippen molar-refractivity contribution < 1.29 is 13.2 Å². The van der Waals surface area contributed by atoms with Crippen LogP contribution in [0.4, 0.5) is 0 Å². The molecule has 0 heterocycles. The van der Waals surface area contributed by atoms with Crippen LogP contribution in [0.2, 0.25) is 0 Å². The molecule has 0 atom stereocenters. The van der Waals surface area contributed by atoms with Crippen LogP contribution in [0.25, 0.3) is 0 Å². The van der Waals surface area contributed by atoms with E-state index >= 15 is 0 Å². The second kappa shape index (κ2) is 6.48. The minimum Gasteiger partial charge on any atom is -0.494 e. The molecule has 4 nitrogen and oxygen atoms in total. The summed E-state index contributed by atoms with van der Waals surface area (Å²) in [4.78, 5) is 0. The lowest BCUT2D eigenvalue weighted by atomic mass is 10.2. The highest BCUT2D eigenvalue weighted by molar-refractivity contribution is 8.13. The molecule has 0 radical (unpaired) electrons. The van der Waals surface area contributed by atoms with Gasteiger partial charge in [0.15, 0.2) is 0 Å². The molecule has 6 heteroatoms. The summed E-state index contributed by atoms with van der Waals surface area (Å²) in [6.45, 7) is 0.429. The largest absolute Gasteiger partial charge is 0.494 e. The van der Waals surface area contributed by atoms with Crippen molar-refractivity contribution in [2.45, 2.75) is 12.8 Å². The van der Waals surface area contributed by atoms with E-state index in [0.717, 1.165) is 0 Å². The Labute approximate surface area is 105 Å². The summed E-state index contributed by atoms with van der Waals surface area (Å²) in [5.74, 6) is 0.628. The van der Waals surface area contributed by atoms with E-state index in [-0.39, 0.29) is 5.75 Å². The highest BCUT2D eigenvalue weighted by atomic mass is 35.7. The number of halogens is 1. The molecule has 0 aliphatic rings. The van der Waals surface area contributed by atoms with Crippen molar-refractivity contribution in [3.63, 3.8) is 0 Å². The number of benzene rings is 1. The second-order valence-electron chi connectivity index (χ2n) is 3.43. The van der Waals surface area contributed by atoms with Crippen LogP contribution in [0.1, 0.15) is 18.4 Å². The molecule has 0 fully saturated rings. The number of unbranched alkanes of at least 4 members (excludes halogenated alkanes) is 1. The summed E-state index contributed by atoms with van der Waals surface area (Å²) in [7, 11) is 1.67. The Morgan fingerprint density at radius 2 is 1.88 bits per heavy atom. The number of rotatable bonds is 6. The summed E-state index contributed by atoms with van der Waals surface area (Å²) in [6.07, 6.45) is 1.09. The number of hydrogen-bond acceptors (Lipinski definition) is 4. The van der Waals surface area contributed by atoms with Crippen LogP contribution in [-0.2, 0) is 9.05 Å². The van der Waals surface area contributed by atoms with Crippen LogP contribution in [-0.4, -0.2) is 20.8 Å². The van der Waals surface area contributed by atoms with Crippen LogP contribution < -0.4 is 4.74 Å². The van der Waals surface area contributed by atoms with Gasteiger partial charge < -0.3 is 4.74 Å². The van der Waals surface area contributed by atoms with E-state index in [4.69, 9.17) is 20.7 Å². The summed E-state index contributed by atoms with van der Waals surface area (Å²) in [6, 6.07) is 8.75. The third-order valence-electron chi connectivity index (χ3n) is 2.03. The molecule has 17 heavy (non-hydrogen) atoms. The lowest BCUT2D eigenvalue weighted by molar-refractivity contribution is 0.309. The third-order valence-corrected chi connectivity index (χ3v) is 3.27. The predicted octanol–water partition coefficient (Wildman–Crippen LogP) is 2.29. The molecule has 0 aliphatic heterocycles. The smallest absolute Gasteiger partial charge is 0.232 e. The first-order valence-corrected chi connectivity index (χ1v) is 7.54. The van der Waals surface area contributed by atoms with Gasteiger partial charge >= 0.3 is 0 Å². The molecular formula is C11H12ClNO3S. The number of nitriles is 1. The average molecular weight is 274 g/mol. The summed E-state index contributed by atoms with van der Waals surface area (Å²) >= 11 is 0. The molecule has 0 saturated carbocycles. The topological polar surface area (TPSA) is 67.2 Å². The fraction of sp³-hybridized carbons (Fsp3) is 0.364. The minimum absolute atomic E-state index is 0.0364. The summed E-state index contributed by atoms with van der Waals surface area (Å²) in [5, 5.41) is 8.59. The second-order valence-corrected chi connectivity index (χ2v) is 6.33. The van der Waals surface area contributed by atoms with Crippen LogP contribution in [0.3, 0.4) is 0 Å². The molecule has 0 saturated heterocycles. The Balaban J connectivity index is 2.25. The first-order valence-electron chi connectivity index (χ1n) is 5.06. The standard InChI is InChI=1S/C11H12ClNO3S/c12-17(14,15)8-2-1-7-16-11-5-3-10(9-13)4-6-11/h3-6H,1-2,7-8H2. The highest BCUT2D eigenvalue weighted by Gasteiger charge is 2.04. The summed E-state index contributed by atoms with van der Waals surface area (Å²) in [5.41, 5.74) is 0.575. The van der Waals surface area contributed by atoms with Crippen LogP contribution in [0, 0.1) is 11.3 Å². The van der Waals surface area contributed by atoms with Crippen molar-refractivity contribution in [2.75, 3.05) is 12.4 Å².